The second-order valence-electron chi connectivity index (χ2n) is 6.25. The lowest BCUT2D eigenvalue weighted by molar-refractivity contribution is -0.148. The van der Waals surface area contributed by atoms with Gasteiger partial charge in [-0.1, -0.05) is 22.0 Å². The van der Waals surface area contributed by atoms with Gasteiger partial charge in [-0.25, -0.2) is 0 Å². The number of amides is 2. The molecule has 2 aliphatic rings. The van der Waals surface area contributed by atoms with Crippen LogP contribution in [0.5, 0.6) is 0 Å². The molecular weight excluding hydrogens is 376 g/mol. The molecular formula is C17H19BrN2O4. The maximum atomic E-state index is 12.7. The molecule has 1 atom stereocenters. The second-order valence-corrected chi connectivity index (χ2v) is 7.16. The van der Waals surface area contributed by atoms with E-state index in [9.17, 15) is 14.4 Å². The Bertz CT molecular complexity index is 670. The van der Waals surface area contributed by atoms with Gasteiger partial charge in [-0.2, -0.15) is 0 Å². The second kappa shape index (κ2) is 6.93. The molecule has 2 heterocycles. The summed E-state index contributed by atoms with van der Waals surface area (Å²) in [6.07, 6.45) is 1.41. The Morgan fingerprint density at radius 1 is 1.12 bits per heavy atom. The standard InChI is InChI=1S/C17H19BrN2O4/c18-12-2-1-3-13(10-12)20-9-6-14(16(20)22)15(21)19-7-4-11(5-8-19)17(23)24/h1-3,10-11,14H,4-9H2,(H,23,24). The van der Waals surface area contributed by atoms with E-state index in [0.717, 1.165) is 10.2 Å². The number of aliphatic carboxylic acids is 1. The third-order valence-electron chi connectivity index (χ3n) is 4.78. The molecule has 0 bridgehead atoms. The SMILES string of the molecule is O=C(O)C1CCN(C(=O)C2CCN(c3cccc(Br)c3)C2=O)CC1. The molecule has 2 saturated heterocycles. The first-order valence-corrected chi connectivity index (χ1v) is 8.85. The molecule has 128 valence electrons. The zero-order valence-electron chi connectivity index (χ0n) is 13.2. The number of benzene rings is 1. The fourth-order valence-corrected chi connectivity index (χ4v) is 3.76. The van der Waals surface area contributed by atoms with Gasteiger partial charge in [0.05, 0.1) is 5.92 Å². The van der Waals surface area contributed by atoms with E-state index in [1.54, 1.807) is 9.80 Å². The van der Waals surface area contributed by atoms with Crippen molar-refractivity contribution in [1.82, 2.24) is 4.90 Å². The zero-order chi connectivity index (χ0) is 17.3. The lowest BCUT2D eigenvalue weighted by Crippen LogP contribution is -2.45. The molecule has 0 radical (unpaired) electrons. The van der Waals surface area contributed by atoms with Crippen LogP contribution in [0.2, 0.25) is 0 Å². The summed E-state index contributed by atoms with van der Waals surface area (Å²) in [6.45, 7) is 1.35. The maximum Gasteiger partial charge on any atom is 0.306 e. The van der Waals surface area contributed by atoms with Gasteiger partial charge < -0.3 is 14.9 Å². The van der Waals surface area contributed by atoms with Crippen LogP contribution in [0.15, 0.2) is 28.7 Å². The van der Waals surface area contributed by atoms with Gasteiger partial charge in [0.25, 0.3) is 0 Å². The maximum absolute atomic E-state index is 12.7. The van der Waals surface area contributed by atoms with Crippen LogP contribution in [0, 0.1) is 11.8 Å². The van der Waals surface area contributed by atoms with E-state index < -0.39 is 11.9 Å². The lowest BCUT2D eigenvalue weighted by atomic mass is 9.95. The number of rotatable bonds is 3. The van der Waals surface area contributed by atoms with Crippen molar-refractivity contribution >= 4 is 39.4 Å². The van der Waals surface area contributed by atoms with Crippen LogP contribution >= 0.6 is 15.9 Å². The number of anilines is 1. The third-order valence-corrected chi connectivity index (χ3v) is 5.27. The molecule has 0 saturated carbocycles. The van der Waals surface area contributed by atoms with Crippen LogP contribution in [0.3, 0.4) is 0 Å². The normalized spacial score (nSPS) is 22.0. The topological polar surface area (TPSA) is 77.9 Å². The summed E-state index contributed by atoms with van der Waals surface area (Å²) in [5.41, 5.74) is 0.786. The number of hydrogen-bond acceptors (Lipinski definition) is 3. The number of carbonyl (C=O) groups excluding carboxylic acids is 2. The average molecular weight is 395 g/mol. The van der Waals surface area contributed by atoms with Crippen molar-refractivity contribution in [2.75, 3.05) is 24.5 Å². The molecule has 1 N–H and O–H groups in total. The summed E-state index contributed by atoms with van der Waals surface area (Å²) >= 11 is 3.39. The van der Waals surface area contributed by atoms with Crippen molar-refractivity contribution in [1.29, 1.82) is 0 Å². The van der Waals surface area contributed by atoms with Crippen molar-refractivity contribution in [3.63, 3.8) is 0 Å². The van der Waals surface area contributed by atoms with Gasteiger partial charge in [0.15, 0.2) is 0 Å². The molecule has 2 fully saturated rings. The zero-order valence-corrected chi connectivity index (χ0v) is 14.7. The molecule has 0 aromatic heterocycles. The predicted molar refractivity (Wildman–Crippen MR) is 91.5 cm³/mol. The van der Waals surface area contributed by atoms with Crippen LogP contribution in [0.4, 0.5) is 5.69 Å². The highest BCUT2D eigenvalue weighted by Crippen LogP contribution is 2.29. The number of carboxylic acids is 1. The minimum Gasteiger partial charge on any atom is -0.481 e. The van der Waals surface area contributed by atoms with Crippen LogP contribution in [-0.4, -0.2) is 47.4 Å². The highest BCUT2D eigenvalue weighted by molar-refractivity contribution is 9.10. The molecule has 24 heavy (non-hydrogen) atoms. The quantitative estimate of drug-likeness (QED) is 0.796. The summed E-state index contributed by atoms with van der Waals surface area (Å²) in [5.74, 6) is -2.17. The number of hydrogen-bond donors (Lipinski definition) is 1. The summed E-state index contributed by atoms with van der Waals surface area (Å²) in [7, 11) is 0. The highest BCUT2D eigenvalue weighted by Gasteiger charge is 2.40. The minimum absolute atomic E-state index is 0.165. The van der Waals surface area contributed by atoms with E-state index >= 15 is 0 Å². The van der Waals surface area contributed by atoms with Crippen molar-refractivity contribution in [3.8, 4) is 0 Å². The summed E-state index contributed by atoms with van der Waals surface area (Å²) < 4.78 is 0.887. The first-order valence-electron chi connectivity index (χ1n) is 8.06. The van der Waals surface area contributed by atoms with Crippen molar-refractivity contribution in [2.24, 2.45) is 11.8 Å². The largest absolute Gasteiger partial charge is 0.481 e. The van der Waals surface area contributed by atoms with E-state index in [0.29, 0.717) is 38.9 Å². The van der Waals surface area contributed by atoms with Crippen LogP contribution in [0.1, 0.15) is 19.3 Å². The van der Waals surface area contributed by atoms with E-state index in [4.69, 9.17) is 5.11 Å². The lowest BCUT2D eigenvalue weighted by Gasteiger charge is -2.31. The Labute approximate surface area is 148 Å². The first-order chi connectivity index (χ1) is 11.5. The summed E-state index contributed by atoms with van der Waals surface area (Å²) in [5, 5.41) is 9.03. The van der Waals surface area contributed by atoms with Gasteiger partial charge in [-0.15, -0.1) is 0 Å². The van der Waals surface area contributed by atoms with Crippen molar-refractivity contribution in [2.45, 2.75) is 19.3 Å². The van der Waals surface area contributed by atoms with Gasteiger partial charge in [-0.05, 0) is 37.5 Å². The van der Waals surface area contributed by atoms with Gasteiger partial charge in [-0.3, -0.25) is 14.4 Å². The molecule has 1 aromatic carbocycles. The van der Waals surface area contributed by atoms with Crippen LogP contribution < -0.4 is 4.90 Å². The van der Waals surface area contributed by atoms with Crippen LogP contribution in [0.25, 0.3) is 0 Å². The van der Waals surface area contributed by atoms with Crippen molar-refractivity contribution < 1.29 is 19.5 Å². The minimum atomic E-state index is -0.806. The Morgan fingerprint density at radius 3 is 2.46 bits per heavy atom. The molecule has 1 aromatic rings. The molecule has 0 spiro atoms. The molecule has 1 unspecified atom stereocenters. The number of carbonyl (C=O) groups is 3. The molecule has 7 heteroatoms. The third kappa shape index (κ3) is 3.31. The number of piperidine rings is 1. The van der Waals surface area contributed by atoms with Crippen molar-refractivity contribution in [3.05, 3.63) is 28.7 Å². The van der Waals surface area contributed by atoms with Gasteiger partial charge >= 0.3 is 5.97 Å². The average Bonchev–Trinajstić information content (AvgIpc) is 2.96. The number of nitrogens with zero attached hydrogens (tertiary/aromatic N) is 2. The fraction of sp³-hybridized carbons (Fsp3) is 0.471. The van der Waals surface area contributed by atoms with E-state index in [1.165, 1.54) is 0 Å². The number of halogens is 1. The smallest absolute Gasteiger partial charge is 0.306 e. The molecule has 3 rings (SSSR count). The molecule has 2 amide bonds. The van der Waals surface area contributed by atoms with Gasteiger partial charge in [0, 0.05) is 29.8 Å². The van der Waals surface area contributed by atoms with Gasteiger partial charge in [0.1, 0.15) is 5.92 Å². The molecule has 2 aliphatic heterocycles. The molecule has 6 nitrogen and oxygen atoms in total. The number of carboxylic acid groups (broad SMARTS) is 1. The Balaban J connectivity index is 1.65. The van der Waals surface area contributed by atoms with Crippen LogP contribution in [-0.2, 0) is 14.4 Å². The molecule has 0 aliphatic carbocycles. The van der Waals surface area contributed by atoms with E-state index in [2.05, 4.69) is 15.9 Å². The van der Waals surface area contributed by atoms with Gasteiger partial charge in [0.2, 0.25) is 11.8 Å². The summed E-state index contributed by atoms with van der Waals surface area (Å²) in [6, 6.07) is 7.47. The fourth-order valence-electron chi connectivity index (χ4n) is 3.38. The predicted octanol–water partition coefficient (Wildman–Crippen LogP) is 2.13. The summed E-state index contributed by atoms with van der Waals surface area (Å²) in [4.78, 5) is 39.6. The van der Waals surface area contributed by atoms with E-state index in [-0.39, 0.29) is 17.7 Å². The first kappa shape index (κ1) is 17.0. The monoisotopic (exact) mass is 394 g/mol. The highest BCUT2D eigenvalue weighted by atomic mass is 79.9. The Kier molecular flexibility index (Phi) is 4.89. The number of likely N-dealkylation sites (tertiary alicyclic amines) is 1. The van der Waals surface area contributed by atoms with E-state index in [1.807, 2.05) is 24.3 Å². The Morgan fingerprint density at radius 2 is 1.83 bits per heavy atom. The Hall–Kier alpha value is -1.89.